The van der Waals surface area contributed by atoms with Crippen molar-refractivity contribution in [2.24, 2.45) is 38.9 Å². The molecule has 6 unspecified atom stereocenters. The van der Waals surface area contributed by atoms with Crippen LogP contribution in [-0.2, 0) is 23.9 Å². The number of unbranched alkanes of at least 4 members (excludes halogenated alkanes) is 2. The highest BCUT2D eigenvalue weighted by molar-refractivity contribution is 6.03. The summed E-state index contributed by atoms with van der Waals surface area (Å²) in [6, 6.07) is 18.6. The number of carbonyl (C=O) groups is 4. The Kier molecular flexibility index (Phi) is 11.8. The largest absolute Gasteiger partial charge is 0.492 e. The minimum absolute atomic E-state index is 0.0223. The molecule has 0 radical (unpaired) electrons. The van der Waals surface area contributed by atoms with Gasteiger partial charge in [0.1, 0.15) is 48.8 Å². The van der Waals surface area contributed by atoms with Gasteiger partial charge >= 0.3 is 17.9 Å². The Hall–Kier alpha value is -5.20. The van der Waals surface area contributed by atoms with Crippen LogP contribution < -0.4 is 23.7 Å². The van der Waals surface area contributed by atoms with Crippen LogP contribution in [0.5, 0.6) is 28.7 Å². The van der Waals surface area contributed by atoms with Crippen molar-refractivity contribution in [3.05, 3.63) is 77.4 Å². The van der Waals surface area contributed by atoms with Crippen LogP contribution in [-0.4, -0.2) is 80.8 Å². The Morgan fingerprint density at radius 3 is 1.95 bits per heavy atom. The molecule has 0 saturated heterocycles. The van der Waals surface area contributed by atoms with Crippen molar-refractivity contribution < 1.29 is 52.7 Å². The van der Waals surface area contributed by atoms with E-state index in [1.807, 2.05) is 57.0 Å². The predicted octanol–water partition coefficient (Wildman–Crippen LogP) is 9.62. The van der Waals surface area contributed by atoms with E-state index in [0.717, 1.165) is 53.1 Å². The van der Waals surface area contributed by atoms with Crippen molar-refractivity contribution in [2.45, 2.75) is 105 Å². The Labute approximate surface area is 382 Å². The second-order valence-electron chi connectivity index (χ2n) is 20.7. The molecule has 4 fully saturated rings. The maximum absolute atomic E-state index is 14.0. The fourth-order valence-electron chi connectivity index (χ4n) is 12.9. The van der Waals surface area contributed by atoms with E-state index in [4.69, 9.17) is 33.2 Å². The van der Waals surface area contributed by atoms with Gasteiger partial charge in [-0.2, -0.15) is 0 Å². The fraction of sp³-hybridized carbons (Fsp3) is 0.547. The first-order chi connectivity index (χ1) is 30.9. The van der Waals surface area contributed by atoms with Crippen molar-refractivity contribution in [3.63, 3.8) is 0 Å². The summed E-state index contributed by atoms with van der Waals surface area (Å²) < 4.78 is 37.7. The van der Waals surface area contributed by atoms with Gasteiger partial charge in [0.25, 0.3) is 0 Å². The second kappa shape index (κ2) is 16.6. The number of nitrogens with zero attached hydrogens (tertiary/aromatic N) is 1. The molecule has 0 amide bonds. The Balaban J connectivity index is 0.00000284. The molecule has 2 aliphatic heterocycles. The van der Waals surface area contributed by atoms with E-state index in [2.05, 4.69) is 46.6 Å². The third-order valence-electron chi connectivity index (χ3n) is 17.2. The Morgan fingerprint density at radius 2 is 1.35 bits per heavy atom. The summed E-state index contributed by atoms with van der Waals surface area (Å²) >= 11 is 0. The van der Waals surface area contributed by atoms with Crippen molar-refractivity contribution in [1.29, 1.82) is 0 Å². The lowest BCUT2D eigenvalue weighted by molar-refractivity contribution is -0.165. The average Bonchev–Trinajstić information content (AvgIpc) is 3.67. The molecule has 2 heterocycles. The lowest BCUT2D eigenvalue weighted by Gasteiger charge is -2.35. The van der Waals surface area contributed by atoms with Crippen molar-refractivity contribution in [3.8, 4) is 28.7 Å². The Morgan fingerprint density at radius 1 is 0.754 bits per heavy atom. The third-order valence-corrected chi connectivity index (χ3v) is 17.2. The van der Waals surface area contributed by atoms with Gasteiger partial charge in [-0.15, -0.1) is 0 Å². The smallest absolute Gasteiger partial charge is 0.344 e. The van der Waals surface area contributed by atoms with Crippen LogP contribution in [0.3, 0.4) is 0 Å². The van der Waals surface area contributed by atoms with Gasteiger partial charge in [0, 0.05) is 54.0 Å². The molecule has 1 N–H and O–H groups in total. The van der Waals surface area contributed by atoms with Gasteiger partial charge in [-0.05, 0) is 115 Å². The van der Waals surface area contributed by atoms with Crippen LogP contribution in [0.1, 0.15) is 116 Å². The average molecular weight is 892 g/mol. The molecule has 0 aromatic heterocycles. The number of aliphatic carboxylic acids is 1. The van der Waals surface area contributed by atoms with Crippen LogP contribution in [0, 0.1) is 38.9 Å². The van der Waals surface area contributed by atoms with E-state index in [-0.39, 0.29) is 58.2 Å². The zero-order valence-electron chi connectivity index (χ0n) is 39.5. The molecule has 3 aromatic rings. The van der Waals surface area contributed by atoms with Crippen LogP contribution in [0.25, 0.3) is 11.1 Å². The summed E-state index contributed by atoms with van der Waals surface area (Å²) in [6.45, 7) is 19.6. The quantitative estimate of drug-likeness (QED) is 0.0671. The minimum Gasteiger partial charge on any atom is -0.492 e. The van der Waals surface area contributed by atoms with Gasteiger partial charge in [0.15, 0.2) is 17.1 Å². The van der Waals surface area contributed by atoms with Crippen LogP contribution >= 0.6 is 0 Å². The fourth-order valence-corrected chi connectivity index (χ4v) is 12.9. The summed E-state index contributed by atoms with van der Waals surface area (Å²) in [5.41, 5.74) is 1.09. The van der Waals surface area contributed by atoms with E-state index < -0.39 is 29.1 Å². The molecule has 348 valence electrons. The van der Waals surface area contributed by atoms with E-state index >= 15 is 0 Å². The summed E-state index contributed by atoms with van der Waals surface area (Å²) in [7, 11) is 3.73. The molecule has 12 heteroatoms. The topological polar surface area (TPSA) is 147 Å². The van der Waals surface area contributed by atoms with Gasteiger partial charge in [-0.1, -0.05) is 73.4 Å². The van der Waals surface area contributed by atoms with Crippen LogP contribution in [0.15, 0.2) is 60.7 Å². The molecule has 0 bridgehead atoms. The first-order valence-electron chi connectivity index (χ1n) is 23.1. The first kappa shape index (κ1) is 46.3. The first-order valence-corrected chi connectivity index (χ1v) is 23.1. The second-order valence-corrected chi connectivity index (χ2v) is 20.7. The molecule has 6 aliphatic rings. The number of hydrogen-bond donors (Lipinski definition) is 1. The molecule has 3 aromatic carbocycles. The molecule has 9 rings (SSSR count). The lowest BCUT2D eigenvalue weighted by atomic mass is 9.77. The zero-order chi connectivity index (χ0) is 46.9. The maximum atomic E-state index is 14.0. The zero-order valence-corrected chi connectivity index (χ0v) is 39.5. The van der Waals surface area contributed by atoms with Gasteiger partial charge in [0.2, 0.25) is 0 Å². The number of likely N-dealkylation sites (N-methyl/N-ethyl adjacent to an activating group) is 1. The van der Waals surface area contributed by atoms with Gasteiger partial charge in [0.05, 0.1) is 0 Å². The van der Waals surface area contributed by atoms with Crippen LogP contribution in [0.4, 0.5) is 0 Å². The number of methoxy groups -OCH3 is 1. The van der Waals surface area contributed by atoms with Crippen LogP contribution in [0.2, 0.25) is 0 Å². The van der Waals surface area contributed by atoms with Crippen molar-refractivity contribution in [2.75, 3.05) is 40.5 Å². The van der Waals surface area contributed by atoms with Gasteiger partial charge in [-0.25, -0.2) is 4.79 Å². The summed E-state index contributed by atoms with van der Waals surface area (Å²) in [4.78, 5) is 51.1. The monoisotopic (exact) mass is 891 g/mol. The predicted molar refractivity (Wildman–Crippen MR) is 245 cm³/mol. The highest BCUT2D eigenvalue weighted by Gasteiger charge is 2.83. The molecule has 7 atom stereocenters. The normalized spacial score (nSPS) is 30.2. The Bertz CT molecular complexity index is 2410. The highest BCUT2D eigenvalue weighted by atomic mass is 16.6. The molecule has 4 aliphatic carbocycles. The molecule has 12 nitrogen and oxygen atoms in total. The number of rotatable bonds is 15. The number of carbonyl (C=O) groups excluding carboxylic acids is 3. The standard InChI is InChI=1S/C52H63NO10.CH2O/c1-10-11-12-25-53(8)26-27-59-32-15-13-31(14-16-32)41-40-36-20-18-33(61-45(56)51(44(54)55)23-21-49(6)42(51)47(49,2)3)28-38(36)60-30-37(40)35-19-17-34(29-39(35)63-41)62-46(57)52(58-9)24-22-50(7)43(52)48(50,4)5;1-2/h13-20,28-29,41-43H,10-12,21-27,30H2,1-9H3,(H,54,55);1H2/t41-,42?,43?,49?,50?,51?,52?;/m0./s1. The lowest BCUT2D eigenvalue weighted by Crippen LogP contribution is -2.45. The van der Waals surface area contributed by atoms with Gasteiger partial charge < -0.3 is 43.2 Å². The summed E-state index contributed by atoms with van der Waals surface area (Å²) in [6.07, 6.45) is 5.39. The van der Waals surface area contributed by atoms with E-state index in [1.54, 1.807) is 31.4 Å². The molecule has 4 saturated carbocycles. The SMILES string of the molecule is C=O.CCCCCN(C)CCOc1ccc([C@@H]2Oc3cc(OC(=O)C4(OC)CCC5(C)C4C5(C)C)ccc3C3=C2c2ccc(OC(=O)C4(C(=O)O)CCC5(C)C4C5(C)C)cc2OC3)cc1. The molecular weight excluding hydrogens is 827 g/mol. The number of esters is 2. The number of carboxylic acid groups (broad SMARTS) is 1. The minimum atomic E-state index is -1.61. The third kappa shape index (κ3) is 7.07. The van der Waals surface area contributed by atoms with Crippen molar-refractivity contribution in [1.82, 2.24) is 4.90 Å². The van der Waals surface area contributed by atoms with Gasteiger partial charge in [-0.3, -0.25) is 9.59 Å². The molecule has 65 heavy (non-hydrogen) atoms. The molecular formula is C53H65NO11. The van der Waals surface area contributed by atoms with E-state index in [0.29, 0.717) is 36.7 Å². The van der Waals surface area contributed by atoms with Crippen molar-refractivity contribution >= 4 is 35.8 Å². The van der Waals surface area contributed by atoms with E-state index in [1.165, 1.54) is 19.3 Å². The highest BCUT2D eigenvalue weighted by Crippen LogP contribution is 2.82. The van der Waals surface area contributed by atoms with E-state index in [9.17, 15) is 19.5 Å². The summed E-state index contributed by atoms with van der Waals surface area (Å²) in [5.74, 6) is -0.121. The number of ether oxygens (including phenoxy) is 6. The molecule has 0 spiro atoms. The number of carboxylic acids is 1. The number of fused-ring (bicyclic) bond motifs is 6. The maximum Gasteiger partial charge on any atom is 0.344 e. The number of benzene rings is 3. The summed E-state index contributed by atoms with van der Waals surface area (Å²) in [5, 5.41) is 10.5. The number of hydrogen-bond acceptors (Lipinski definition) is 11.